The van der Waals surface area contributed by atoms with Crippen molar-refractivity contribution in [3.05, 3.63) is 82.8 Å². The van der Waals surface area contributed by atoms with E-state index in [1.165, 1.54) is 18.3 Å². The molecule has 0 saturated carbocycles. The quantitative estimate of drug-likeness (QED) is 0.151. The van der Waals surface area contributed by atoms with Gasteiger partial charge in [0.25, 0.3) is 0 Å². The first-order valence-corrected chi connectivity index (χ1v) is 9.88. The van der Waals surface area contributed by atoms with Gasteiger partial charge in [-0.1, -0.05) is 17.7 Å². The molecule has 158 valence electrons. The lowest BCUT2D eigenvalue weighted by Gasteiger charge is -2.18. The zero-order valence-electron chi connectivity index (χ0n) is 16.3. The fourth-order valence-electron chi connectivity index (χ4n) is 3.07. The molecular weight excluding hydrogens is 421 g/mol. The number of aromatic amines is 1. The maximum Gasteiger partial charge on any atom is 0.178 e. The van der Waals surface area contributed by atoms with Crippen LogP contribution in [-0.2, 0) is 13.0 Å². The van der Waals surface area contributed by atoms with Crippen LogP contribution >= 0.6 is 11.6 Å². The molecule has 0 unspecified atom stereocenters. The smallest absolute Gasteiger partial charge is 0.178 e. The second-order valence-electron chi connectivity index (χ2n) is 6.75. The fourth-order valence-corrected chi connectivity index (χ4v) is 3.24. The van der Waals surface area contributed by atoms with Crippen molar-refractivity contribution in [2.45, 2.75) is 13.0 Å². The summed E-state index contributed by atoms with van der Waals surface area (Å²) in [5, 5.41) is 22.6. The zero-order valence-corrected chi connectivity index (χ0v) is 17.1. The molecule has 0 atom stereocenters. The fraction of sp³-hybridized carbons (Fsp3) is 0.143. The van der Waals surface area contributed by atoms with E-state index >= 15 is 0 Å². The number of H-pyrrole nitrogens is 1. The maximum absolute atomic E-state index is 13.4. The molecule has 0 bridgehead atoms. The van der Waals surface area contributed by atoms with E-state index in [-0.39, 0.29) is 16.5 Å². The van der Waals surface area contributed by atoms with Crippen LogP contribution in [0.4, 0.5) is 10.1 Å². The molecule has 4 N–H and O–H groups in total. The molecule has 0 amide bonds. The van der Waals surface area contributed by atoms with Gasteiger partial charge in [0.15, 0.2) is 11.5 Å². The van der Waals surface area contributed by atoms with E-state index in [4.69, 9.17) is 17.0 Å². The number of amidine groups is 1. The average molecular weight is 440 g/mol. The molecule has 31 heavy (non-hydrogen) atoms. The number of halogens is 2. The SMILES string of the molecule is N=C(c1ccnc2nc(CNCCc3ccccn3)[nH]c12)N(O)c1ccc(F)c(Cl)c1. The highest BCUT2D eigenvalue weighted by Gasteiger charge is 2.18. The molecule has 10 heteroatoms. The van der Waals surface area contributed by atoms with Crippen molar-refractivity contribution in [1.29, 1.82) is 5.41 Å². The molecule has 1 aromatic carbocycles. The molecular formula is C21H19ClFN7O. The predicted molar refractivity (Wildman–Crippen MR) is 116 cm³/mol. The van der Waals surface area contributed by atoms with E-state index in [2.05, 4.69) is 25.3 Å². The third-order valence-corrected chi connectivity index (χ3v) is 4.92. The van der Waals surface area contributed by atoms with Crippen molar-refractivity contribution in [1.82, 2.24) is 25.3 Å². The molecule has 0 aliphatic rings. The zero-order chi connectivity index (χ0) is 21.8. The number of benzene rings is 1. The summed E-state index contributed by atoms with van der Waals surface area (Å²) in [4.78, 5) is 16.1. The molecule has 4 aromatic rings. The molecule has 0 spiro atoms. The highest BCUT2D eigenvalue weighted by Crippen LogP contribution is 2.24. The Morgan fingerprint density at radius 3 is 2.84 bits per heavy atom. The minimum atomic E-state index is -0.606. The number of nitrogens with zero attached hydrogens (tertiary/aromatic N) is 4. The maximum atomic E-state index is 13.4. The number of hydroxylamine groups is 1. The number of imidazole rings is 1. The van der Waals surface area contributed by atoms with Crippen molar-refractivity contribution in [3.8, 4) is 0 Å². The van der Waals surface area contributed by atoms with Crippen LogP contribution in [0.25, 0.3) is 11.2 Å². The Labute approximate surface area is 182 Å². The monoisotopic (exact) mass is 439 g/mol. The van der Waals surface area contributed by atoms with E-state index in [9.17, 15) is 9.60 Å². The molecule has 0 fully saturated rings. The Morgan fingerprint density at radius 2 is 2.06 bits per heavy atom. The van der Waals surface area contributed by atoms with Crippen molar-refractivity contribution in [2.24, 2.45) is 0 Å². The van der Waals surface area contributed by atoms with Crippen LogP contribution < -0.4 is 10.4 Å². The van der Waals surface area contributed by atoms with Crippen molar-refractivity contribution >= 4 is 34.3 Å². The van der Waals surface area contributed by atoms with Gasteiger partial charge in [-0.3, -0.25) is 15.6 Å². The van der Waals surface area contributed by atoms with Crippen molar-refractivity contribution < 1.29 is 9.60 Å². The van der Waals surface area contributed by atoms with Gasteiger partial charge in [-0.15, -0.1) is 0 Å². The number of rotatable bonds is 7. The van der Waals surface area contributed by atoms with Crippen LogP contribution in [0.15, 0.2) is 54.9 Å². The first kappa shape index (κ1) is 20.9. The standard InChI is InChI=1S/C21H19ClFN7O/c22-16-11-14(4-5-17(16)23)30(31)20(24)15-7-10-27-21-19(15)28-18(29-21)12-25-9-6-13-3-1-2-8-26-13/h1-5,7-8,10-11,24-25,31H,6,9,12H2,(H,27,28,29). The van der Waals surface area contributed by atoms with E-state index in [1.54, 1.807) is 12.3 Å². The summed E-state index contributed by atoms with van der Waals surface area (Å²) >= 11 is 5.79. The number of pyridine rings is 2. The Balaban J connectivity index is 1.47. The molecule has 3 aromatic heterocycles. The summed E-state index contributed by atoms with van der Waals surface area (Å²) in [5.41, 5.74) is 2.49. The summed E-state index contributed by atoms with van der Waals surface area (Å²) in [6.45, 7) is 1.20. The van der Waals surface area contributed by atoms with Crippen molar-refractivity contribution in [2.75, 3.05) is 11.6 Å². The summed E-state index contributed by atoms with van der Waals surface area (Å²) in [6.07, 6.45) is 4.06. The predicted octanol–water partition coefficient (Wildman–Crippen LogP) is 3.70. The lowest BCUT2D eigenvalue weighted by Crippen LogP contribution is -2.27. The van der Waals surface area contributed by atoms with Crippen LogP contribution in [0.5, 0.6) is 0 Å². The van der Waals surface area contributed by atoms with Gasteiger partial charge in [-0.25, -0.2) is 19.4 Å². The summed E-state index contributed by atoms with van der Waals surface area (Å²) in [7, 11) is 0. The van der Waals surface area contributed by atoms with Gasteiger partial charge in [0.2, 0.25) is 0 Å². The first-order valence-electron chi connectivity index (χ1n) is 9.50. The van der Waals surface area contributed by atoms with E-state index in [0.717, 1.165) is 24.7 Å². The summed E-state index contributed by atoms with van der Waals surface area (Å²) in [6, 6.07) is 11.1. The molecule has 0 aliphatic heterocycles. The number of nitrogens with one attached hydrogen (secondary N) is 3. The molecule has 8 nitrogen and oxygen atoms in total. The van der Waals surface area contributed by atoms with E-state index in [0.29, 0.717) is 34.2 Å². The summed E-state index contributed by atoms with van der Waals surface area (Å²) in [5.74, 6) is -0.183. The Hall–Kier alpha value is -3.40. The number of aromatic nitrogens is 4. The third-order valence-electron chi connectivity index (χ3n) is 4.63. The van der Waals surface area contributed by atoms with Crippen LogP contribution in [-0.4, -0.2) is 37.5 Å². The lowest BCUT2D eigenvalue weighted by atomic mass is 10.2. The van der Waals surface area contributed by atoms with Crippen molar-refractivity contribution in [3.63, 3.8) is 0 Å². The second kappa shape index (κ2) is 9.17. The van der Waals surface area contributed by atoms with Gasteiger partial charge < -0.3 is 10.3 Å². The third kappa shape index (κ3) is 4.69. The summed E-state index contributed by atoms with van der Waals surface area (Å²) < 4.78 is 13.4. The normalized spacial score (nSPS) is 11.1. The van der Waals surface area contributed by atoms with Gasteiger partial charge in [0.1, 0.15) is 11.6 Å². The minimum absolute atomic E-state index is 0.148. The van der Waals surface area contributed by atoms with Gasteiger partial charge >= 0.3 is 0 Å². The van der Waals surface area contributed by atoms with E-state index < -0.39 is 5.82 Å². The topological polar surface area (TPSA) is 114 Å². The van der Waals surface area contributed by atoms with Crippen LogP contribution in [0.1, 0.15) is 17.1 Å². The van der Waals surface area contributed by atoms with Gasteiger partial charge in [0, 0.05) is 36.6 Å². The van der Waals surface area contributed by atoms with Gasteiger partial charge in [-0.05, 0) is 36.4 Å². The average Bonchev–Trinajstić information content (AvgIpc) is 3.21. The van der Waals surface area contributed by atoms with Gasteiger partial charge in [0.05, 0.1) is 22.8 Å². The highest BCUT2D eigenvalue weighted by atomic mass is 35.5. The Morgan fingerprint density at radius 1 is 1.19 bits per heavy atom. The molecule has 0 aliphatic carbocycles. The molecule has 4 rings (SSSR count). The van der Waals surface area contributed by atoms with Crippen LogP contribution in [0.2, 0.25) is 5.02 Å². The minimum Gasteiger partial charge on any atom is -0.339 e. The lowest BCUT2D eigenvalue weighted by molar-refractivity contribution is 0.312. The number of hydrogen-bond acceptors (Lipinski definition) is 6. The van der Waals surface area contributed by atoms with Crippen LogP contribution in [0, 0.1) is 11.2 Å². The second-order valence-corrected chi connectivity index (χ2v) is 7.15. The molecule has 0 radical (unpaired) electrons. The van der Waals surface area contributed by atoms with Crippen LogP contribution in [0.3, 0.4) is 0 Å². The van der Waals surface area contributed by atoms with Gasteiger partial charge in [-0.2, -0.15) is 0 Å². The first-order chi connectivity index (χ1) is 15.0. The largest absolute Gasteiger partial charge is 0.339 e. The Kier molecular flexibility index (Phi) is 6.17. The Bertz CT molecular complexity index is 1220. The highest BCUT2D eigenvalue weighted by molar-refractivity contribution is 6.31. The van der Waals surface area contributed by atoms with E-state index in [1.807, 2.05) is 18.2 Å². The number of hydrogen-bond donors (Lipinski definition) is 4. The molecule has 3 heterocycles. The molecule has 0 saturated heterocycles. The number of fused-ring (bicyclic) bond motifs is 1. The number of anilines is 1.